The molecule has 0 saturated carbocycles. The highest BCUT2D eigenvalue weighted by molar-refractivity contribution is 7.17. The van der Waals surface area contributed by atoms with Crippen molar-refractivity contribution < 1.29 is 4.79 Å². The number of thiazole rings is 1. The smallest absolute Gasteiger partial charge is 0.271 e. The lowest BCUT2D eigenvalue weighted by atomic mass is 9.97. The molecule has 0 bridgehead atoms. The van der Waals surface area contributed by atoms with Crippen molar-refractivity contribution >= 4 is 22.2 Å². The Morgan fingerprint density at radius 3 is 3.10 bits per heavy atom. The molecule has 0 atom stereocenters. The molecular formula is C15H19N3OS. The van der Waals surface area contributed by atoms with Gasteiger partial charge in [0.25, 0.3) is 5.91 Å². The van der Waals surface area contributed by atoms with E-state index in [9.17, 15) is 4.79 Å². The van der Waals surface area contributed by atoms with Gasteiger partial charge in [-0.25, -0.2) is 4.98 Å². The Bertz CT molecular complexity index is 622. The van der Waals surface area contributed by atoms with Crippen LogP contribution in [0, 0.1) is 6.92 Å². The summed E-state index contributed by atoms with van der Waals surface area (Å²) in [6.07, 6.45) is 12.1. The van der Waals surface area contributed by atoms with Crippen molar-refractivity contribution in [1.29, 1.82) is 0 Å². The minimum Gasteiger partial charge on any atom is -0.350 e. The van der Waals surface area contributed by atoms with Crippen LogP contribution in [0.25, 0.3) is 4.96 Å². The highest BCUT2D eigenvalue weighted by Crippen LogP contribution is 2.19. The van der Waals surface area contributed by atoms with Gasteiger partial charge in [0, 0.05) is 23.8 Å². The van der Waals surface area contributed by atoms with E-state index in [4.69, 9.17) is 0 Å². The first-order valence-electron chi connectivity index (χ1n) is 7.13. The molecule has 1 aliphatic rings. The van der Waals surface area contributed by atoms with Gasteiger partial charge in [-0.1, -0.05) is 11.6 Å². The lowest BCUT2D eigenvalue weighted by Gasteiger charge is -2.12. The van der Waals surface area contributed by atoms with Crippen molar-refractivity contribution in [2.75, 3.05) is 6.54 Å². The van der Waals surface area contributed by atoms with E-state index in [0.717, 1.165) is 11.4 Å². The van der Waals surface area contributed by atoms with Crippen LogP contribution in [0.1, 0.15) is 47.5 Å². The van der Waals surface area contributed by atoms with E-state index in [1.54, 1.807) is 17.5 Å². The number of allylic oxidation sites excluding steroid dienone is 1. The first-order valence-corrected chi connectivity index (χ1v) is 7.95. The Hall–Kier alpha value is -1.62. The number of carbonyl (C=O) groups excluding carboxylic acids is 1. The van der Waals surface area contributed by atoms with E-state index >= 15 is 0 Å². The summed E-state index contributed by atoms with van der Waals surface area (Å²) < 4.78 is 1.92. The van der Waals surface area contributed by atoms with Gasteiger partial charge in [0.2, 0.25) is 0 Å². The van der Waals surface area contributed by atoms with E-state index in [2.05, 4.69) is 16.4 Å². The first kappa shape index (κ1) is 13.4. The fraction of sp³-hybridized carbons (Fsp3) is 0.467. The molecule has 3 rings (SSSR count). The molecule has 106 valence electrons. The van der Waals surface area contributed by atoms with Crippen molar-refractivity contribution in [3.05, 3.63) is 34.6 Å². The van der Waals surface area contributed by atoms with Gasteiger partial charge in [-0.2, -0.15) is 0 Å². The maximum atomic E-state index is 12.0. The van der Waals surface area contributed by atoms with E-state index in [0.29, 0.717) is 12.2 Å². The largest absolute Gasteiger partial charge is 0.350 e. The van der Waals surface area contributed by atoms with Gasteiger partial charge < -0.3 is 5.32 Å². The zero-order valence-corrected chi connectivity index (χ0v) is 12.5. The summed E-state index contributed by atoms with van der Waals surface area (Å²) in [5.41, 5.74) is 1.99. The number of hydrogen-bond donors (Lipinski definition) is 1. The van der Waals surface area contributed by atoms with Crippen LogP contribution in [0.4, 0.5) is 0 Å². The Balaban J connectivity index is 1.55. The number of amides is 1. The number of nitrogens with zero attached hydrogens (tertiary/aromatic N) is 2. The van der Waals surface area contributed by atoms with Crippen LogP contribution in [0.15, 0.2) is 24.0 Å². The van der Waals surface area contributed by atoms with Gasteiger partial charge in [0.1, 0.15) is 5.69 Å². The third-order valence-corrected chi connectivity index (χ3v) is 4.53. The fourth-order valence-corrected chi connectivity index (χ4v) is 3.39. The van der Waals surface area contributed by atoms with Crippen LogP contribution < -0.4 is 5.32 Å². The zero-order valence-electron chi connectivity index (χ0n) is 11.7. The SMILES string of the molecule is Cc1cn2cc(C(=O)NCCC3=CCCCC3)nc2s1. The average molecular weight is 289 g/mol. The molecule has 0 unspecified atom stereocenters. The molecule has 0 radical (unpaired) electrons. The quantitative estimate of drug-likeness (QED) is 0.878. The standard InChI is InChI=1S/C15H19N3OS/c1-11-9-18-10-13(17-15(18)20-11)14(19)16-8-7-12-5-3-2-4-6-12/h5,9-10H,2-4,6-8H2,1H3,(H,16,19). The number of carbonyl (C=O) groups is 1. The van der Waals surface area contributed by atoms with Gasteiger partial charge in [0.05, 0.1) is 0 Å². The molecule has 5 heteroatoms. The molecule has 0 aliphatic heterocycles. The van der Waals surface area contributed by atoms with Crippen LogP contribution in [-0.4, -0.2) is 21.8 Å². The molecular weight excluding hydrogens is 270 g/mol. The van der Waals surface area contributed by atoms with E-state index < -0.39 is 0 Å². The van der Waals surface area contributed by atoms with Crippen molar-refractivity contribution in [3.63, 3.8) is 0 Å². The van der Waals surface area contributed by atoms with Gasteiger partial charge >= 0.3 is 0 Å². The zero-order chi connectivity index (χ0) is 13.9. The maximum Gasteiger partial charge on any atom is 0.271 e. The number of aryl methyl sites for hydroxylation is 1. The monoisotopic (exact) mass is 289 g/mol. The van der Waals surface area contributed by atoms with Gasteiger partial charge in [-0.05, 0) is 39.0 Å². The third-order valence-electron chi connectivity index (χ3n) is 3.62. The molecule has 0 saturated heterocycles. The van der Waals surface area contributed by atoms with E-state index in [1.165, 1.54) is 36.1 Å². The molecule has 1 N–H and O–H groups in total. The van der Waals surface area contributed by atoms with Crippen LogP contribution in [-0.2, 0) is 0 Å². The predicted octanol–water partition coefficient (Wildman–Crippen LogP) is 3.32. The lowest BCUT2D eigenvalue weighted by molar-refractivity contribution is 0.0949. The summed E-state index contributed by atoms with van der Waals surface area (Å²) in [6, 6.07) is 0. The van der Waals surface area contributed by atoms with Gasteiger partial charge in [-0.15, -0.1) is 11.3 Å². The number of hydrogen-bond acceptors (Lipinski definition) is 3. The summed E-state index contributed by atoms with van der Waals surface area (Å²) >= 11 is 1.60. The molecule has 2 aromatic rings. The lowest BCUT2D eigenvalue weighted by Crippen LogP contribution is -2.25. The first-order chi connectivity index (χ1) is 9.72. The normalized spacial score (nSPS) is 15.3. The summed E-state index contributed by atoms with van der Waals surface area (Å²) in [5.74, 6) is -0.0741. The van der Waals surface area contributed by atoms with Gasteiger partial charge in [-0.3, -0.25) is 9.20 Å². The molecule has 2 heterocycles. The Labute approximate surface area is 122 Å². The highest BCUT2D eigenvalue weighted by Gasteiger charge is 2.12. The minimum atomic E-state index is -0.0741. The van der Waals surface area contributed by atoms with Crippen LogP contribution in [0.2, 0.25) is 0 Å². The number of aromatic nitrogens is 2. The van der Waals surface area contributed by atoms with Crippen LogP contribution in [0.3, 0.4) is 0 Å². The van der Waals surface area contributed by atoms with Crippen LogP contribution in [0.5, 0.6) is 0 Å². The Kier molecular flexibility index (Phi) is 3.87. The number of nitrogens with one attached hydrogen (secondary N) is 1. The Morgan fingerprint density at radius 2 is 2.35 bits per heavy atom. The van der Waals surface area contributed by atoms with Crippen molar-refractivity contribution in [2.24, 2.45) is 0 Å². The number of imidazole rings is 1. The predicted molar refractivity (Wildman–Crippen MR) is 81.3 cm³/mol. The second-order valence-electron chi connectivity index (χ2n) is 5.27. The maximum absolute atomic E-state index is 12.0. The van der Waals surface area contributed by atoms with Crippen LogP contribution >= 0.6 is 11.3 Å². The molecule has 0 fully saturated rings. The molecule has 20 heavy (non-hydrogen) atoms. The molecule has 0 spiro atoms. The molecule has 2 aromatic heterocycles. The summed E-state index contributed by atoms with van der Waals surface area (Å²) in [4.78, 5) is 18.5. The van der Waals surface area contributed by atoms with Crippen molar-refractivity contribution in [3.8, 4) is 0 Å². The van der Waals surface area contributed by atoms with E-state index in [1.807, 2.05) is 17.5 Å². The second-order valence-corrected chi connectivity index (χ2v) is 6.49. The Morgan fingerprint density at radius 1 is 1.45 bits per heavy atom. The summed E-state index contributed by atoms with van der Waals surface area (Å²) in [7, 11) is 0. The average Bonchev–Trinajstić information content (AvgIpc) is 2.97. The number of fused-ring (bicyclic) bond motifs is 1. The topological polar surface area (TPSA) is 46.4 Å². The summed E-state index contributed by atoms with van der Waals surface area (Å²) in [5, 5.41) is 2.96. The van der Waals surface area contributed by atoms with Crippen molar-refractivity contribution in [2.45, 2.75) is 39.0 Å². The minimum absolute atomic E-state index is 0.0741. The third kappa shape index (κ3) is 2.93. The molecule has 1 aliphatic carbocycles. The molecule has 0 aromatic carbocycles. The van der Waals surface area contributed by atoms with Gasteiger partial charge in [0.15, 0.2) is 4.96 Å². The molecule has 4 nitrogen and oxygen atoms in total. The van der Waals surface area contributed by atoms with Crippen molar-refractivity contribution in [1.82, 2.24) is 14.7 Å². The molecule has 1 amide bonds. The number of rotatable bonds is 4. The highest BCUT2D eigenvalue weighted by atomic mass is 32.1. The fourth-order valence-electron chi connectivity index (χ4n) is 2.58. The second kappa shape index (κ2) is 5.79. The van der Waals surface area contributed by atoms with E-state index in [-0.39, 0.29) is 5.91 Å². The summed E-state index contributed by atoms with van der Waals surface area (Å²) in [6.45, 7) is 2.74.